The highest BCUT2D eigenvalue weighted by molar-refractivity contribution is 7.99. The number of ether oxygens (including phenoxy) is 3. The largest absolute Gasteiger partial charge is 0.490 e. The van der Waals surface area contributed by atoms with Gasteiger partial charge in [-0.25, -0.2) is 4.21 Å². The fourth-order valence-electron chi connectivity index (χ4n) is 8.70. The summed E-state index contributed by atoms with van der Waals surface area (Å²) >= 11 is 6.46. The number of carbonyl (C=O) groups excluding carboxylic acids is 1. The van der Waals surface area contributed by atoms with Crippen LogP contribution in [0.1, 0.15) is 86.2 Å². The molecular formula is C36H49ClN2O5S. The Morgan fingerprint density at radius 1 is 1.11 bits per heavy atom. The summed E-state index contributed by atoms with van der Waals surface area (Å²) in [5.74, 6) is 5.23. The predicted molar refractivity (Wildman–Crippen MR) is 183 cm³/mol. The Morgan fingerprint density at radius 2 is 1.96 bits per heavy atom. The van der Waals surface area contributed by atoms with Crippen molar-refractivity contribution < 1.29 is 23.2 Å². The van der Waals surface area contributed by atoms with Gasteiger partial charge in [-0.05, 0) is 111 Å². The van der Waals surface area contributed by atoms with Crippen molar-refractivity contribution in [3.05, 3.63) is 58.1 Å². The molecule has 1 saturated carbocycles. The van der Waals surface area contributed by atoms with E-state index < -0.39 is 9.71 Å². The molecule has 45 heavy (non-hydrogen) atoms. The zero-order valence-electron chi connectivity index (χ0n) is 27.1. The topological polar surface area (TPSA) is 77.1 Å². The van der Waals surface area contributed by atoms with E-state index >= 15 is 0 Å². The molecule has 2 heterocycles. The molecule has 2 aromatic rings. The lowest BCUT2D eigenvalue weighted by atomic mass is 9.63. The number of anilines is 1. The van der Waals surface area contributed by atoms with Gasteiger partial charge in [-0.15, -0.1) is 0 Å². The summed E-state index contributed by atoms with van der Waals surface area (Å²) in [5.41, 5.74) is 3.41. The second kappa shape index (κ2) is 13.1. The average Bonchev–Trinajstić information content (AvgIpc) is 3.15. The number of methoxy groups -OCH3 is 2. The van der Waals surface area contributed by atoms with Gasteiger partial charge in [0, 0.05) is 48.6 Å². The number of aryl methyl sites for hydroxylation is 1. The van der Waals surface area contributed by atoms with Gasteiger partial charge in [0.15, 0.2) is 0 Å². The van der Waals surface area contributed by atoms with Gasteiger partial charge in [0.05, 0.1) is 34.2 Å². The van der Waals surface area contributed by atoms with E-state index in [4.69, 9.17) is 25.8 Å². The third-order valence-electron chi connectivity index (χ3n) is 11.3. The van der Waals surface area contributed by atoms with Crippen LogP contribution < -0.4 is 14.4 Å². The highest BCUT2D eigenvalue weighted by Crippen LogP contribution is 2.49. The van der Waals surface area contributed by atoms with Crippen molar-refractivity contribution in [1.29, 1.82) is 0 Å². The van der Waals surface area contributed by atoms with E-state index in [1.807, 2.05) is 32.2 Å². The van der Waals surface area contributed by atoms with Gasteiger partial charge in [-0.3, -0.25) is 9.52 Å². The van der Waals surface area contributed by atoms with E-state index in [-0.39, 0.29) is 22.2 Å². The third kappa shape index (κ3) is 6.24. The van der Waals surface area contributed by atoms with Crippen molar-refractivity contribution in [3.63, 3.8) is 0 Å². The monoisotopic (exact) mass is 656 g/mol. The molecule has 4 aliphatic rings. The number of nitrogens with one attached hydrogen (secondary N) is 1. The predicted octanol–water partition coefficient (Wildman–Crippen LogP) is 6.58. The summed E-state index contributed by atoms with van der Waals surface area (Å²) in [5, 5.41) is 0.563. The normalized spacial score (nSPS) is 33.6. The number of halogens is 1. The fraction of sp³-hybridized carbons (Fsp3) is 0.611. The van der Waals surface area contributed by atoms with Crippen LogP contribution in [0.5, 0.6) is 5.75 Å². The molecule has 1 fully saturated rings. The summed E-state index contributed by atoms with van der Waals surface area (Å²) in [6, 6.07) is 12.0. The lowest BCUT2D eigenvalue weighted by Crippen LogP contribution is -2.55. The second-order valence-corrected chi connectivity index (χ2v) is 16.6. The Hall–Kier alpha value is -2.26. The van der Waals surface area contributed by atoms with Crippen molar-refractivity contribution in [2.45, 2.75) is 87.4 Å². The lowest BCUT2D eigenvalue weighted by molar-refractivity contribution is -0.147. The minimum Gasteiger partial charge on any atom is -0.490 e. The van der Waals surface area contributed by atoms with Crippen molar-refractivity contribution in [2.75, 3.05) is 45.4 Å². The number of carbonyl (C=O) groups is 1. The first-order valence-electron chi connectivity index (χ1n) is 16.7. The summed E-state index contributed by atoms with van der Waals surface area (Å²) < 4.78 is 35.6. The molecule has 1 N–H and O–H groups in total. The van der Waals surface area contributed by atoms with Crippen LogP contribution in [0, 0.1) is 11.8 Å². The molecule has 2 aromatic carbocycles. The molecule has 2 aliphatic heterocycles. The number of amides is 1. The summed E-state index contributed by atoms with van der Waals surface area (Å²) in [6.07, 6.45) is 9.43. The average molecular weight is 657 g/mol. The number of rotatable bonds is 4. The number of benzene rings is 2. The molecule has 1 spiro atoms. The molecule has 9 heteroatoms. The Kier molecular flexibility index (Phi) is 9.51. The third-order valence-corrected chi connectivity index (χ3v) is 13.7. The maximum atomic E-state index is 13.8. The van der Waals surface area contributed by atoms with E-state index in [2.05, 4.69) is 27.6 Å². The van der Waals surface area contributed by atoms with Gasteiger partial charge in [-0.1, -0.05) is 37.4 Å². The van der Waals surface area contributed by atoms with E-state index in [9.17, 15) is 9.00 Å². The van der Waals surface area contributed by atoms with Gasteiger partial charge in [0.2, 0.25) is 0 Å². The first kappa shape index (κ1) is 32.7. The molecule has 0 aromatic heterocycles. The van der Waals surface area contributed by atoms with E-state index in [0.717, 1.165) is 87.3 Å². The quantitative estimate of drug-likeness (QED) is 0.375. The first-order chi connectivity index (χ1) is 21.6. The smallest absolute Gasteiger partial charge is 0.262 e. The molecular weight excluding hydrogens is 608 g/mol. The Bertz CT molecular complexity index is 1510. The minimum absolute atomic E-state index is 0.203. The zero-order valence-corrected chi connectivity index (χ0v) is 28.6. The van der Waals surface area contributed by atoms with Crippen LogP contribution in [-0.4, -0.2) is 67.4 Å². The van der Waals surface area contributed by atoms with Gasteiger partial charge < -0.3 is 19.1 Å². The second-order valence-electron chi connectivity index (χ2n) is 13.9. The van der Waals surface area contributed by atoms with Crippen LogP contribution in [-0.2, 0) is 31.0 Å². The molecule has 2 aliphatic carbocycles. The van der Waals surface area contributed by atoms with Gasteiger partial charge in [0.1, 0.15) is 5.75 Å². The van der Waals surface area contributed by atoms with Crippen LogP contribution in [0.15, 0.2) is 36.4 Å². The van der Waals surface area contributed by atoms with E-state index in [1.54, 1.807) is 13.2 Å². The van der Waals surface area contributed by atoms with Crippen molar-refractivity contribution >= 4 is 38.8 Å². The molecule has 0 radical (unpaired) electrons. The highest BCUT2D eigenvalue weighted by atomic mass is 35.5. The Balaban J connectivity index is 1.44. The summed E-state index contributed by atoms with van der Waals surface area (Å²) in [7, 11) is 0.735. The lowest BCUT2D eigenvalue weighted by Gasteiger charge is -2.51. The fourth-order valence-corrected chi connectivity index (χ4v) is 10.6. The molecule has 6 rings (SSSR count). The number of fused-ring (bicyclic) bond motifs is 4. The van der Waals surface area contributed by atoms with Crippen LogP contribution in [0.4, 0.5) is 5.69 Å². The number of hydrogen-bond donors (Lipinski definition) is 1. The molecule has 1 unspecified atom stereocenters. The number of hydrogen-bond acceptors (Lipinski definition) is 6. The summed E-state index contributed by atoms with van der Waals surface area (Å²) in [6.45, 7) is 4.73. The highest BCUT2D eigenvalue weighted by Gasteiger charge is 2.50. The van der Waals surface area contributed by atoms with E-state index in [0.29, 0.717) is 37.0 Å². The minimum atomic E-state index is -2.86. The van der Waals surface area contributed by atoms with Crippen LogP contribution in [0.2, 0.25) is 5.02 Å². The maximum absolute atomic E-state index is 13.8. The molecule has 1 amide bonds. The molecule has 246 valence electrons. The van der Waals surface area contributed by atoms with Crippen LogP contribution in [0.25, 0.3) is 0 Å². The van der Waals surface area contributed by atoms with Gasteiger partial charge in [-0.2, -0.15) is 0 Å². The SMILES string of the molecule is C=S1(=O)NC(=O)c2ccc3c(c2)N(C[C@@H]2CC[C@H]2[C@](COC)(OC)CCCC[C@H]1CC)C[C@@]1(CCCc2cc(Cl)ccc21)CO3. The van der Waals surface area contributed by atoms with Gasteiger partial charge in [0.25, 0.3) is 5.91 Å². The van der Waals surface area contributed by atoms with Crippen LogP contribution in [0.3, 0.4) is 0 Å². The molecule has 7 nitrogen and oxygen atoms in total. The maximum Gasteiger partial charge on any atom is 0.262 e. The van der Waals surface area contributed by atoms with Crippen LogP contribution >= 0.6 is 11.6 Å². The van der Waals surface area contributed by atoms with E-state index in [1.165, 1.54) is 11.1 Å². The molecule has 0 saturated heterocycles. The van der Waals surface area contributed by atoms with Crippen molar-refractivity contribution in [3.8, 4) is 5.75 Å². The first-order valence-corrected chi connectivity index (χ1v) is 18.8. The van der Waals surface area contributed by atoms with Crippen molar-refractivity contribution in [1.82, 2.24) is 4.72 Å². The summed E-state index contributed by atoms with van der Waals surface area (Å²) in [4.78, 5) is 16.1. The Morgan fingerprint density at radius 3 is 2.69 bits per heavy atom. The number of nitrogens with zero attached hydrogens (tertiary/aromatic N) is 1. The molecule has 2 bridgehead atoms. The standard InChI is InChI=1S/C36H49ClN2O5S/c1-5-29-10-6-7-18-36(43-3,24-42-2)31-14-11-27(31)21-39-22-35(17-8-9-25-19-28(37)13-15-30(25)35)23-44-33-16-12-26(20-32(33)39)34(40)38-45(29,4)41/h12-13,15-16,19-20,27,29,31H,4-11,14,17-18,21-24H2,1-3H3,(H,38,40,41)/t27-,29+,31+,35-,36-,45?/m0/s1. The van der Waals surface area contributed by atoms with Gasteiger partial charge >= 0.3 is 0 Å². The zero-order chi connectivity index (χ0) is 31.8. The van der Waals surface area contributed by atoms with Crippen molar-refractivity contribution in [2.24, 2.45) is 11.8 Å². The molecule has 6 atom stereocenters. The Labute approximate surface area is 274 Å².